The summed E-state index contributed by atoms with van der Waals surface area (Å²) < 4.78 is 15.2. The first kappa shape index (κ1) is 21.4. The second-order valence-corrected chi connectivity index (χ2v) is 6.32. The highest BCUT2D eigenvalue weighted by molar-refractivity contribution is 6.05. The van der Waals surface area contributed by atoms with E-state index in [1.165, 1.54) is 11.2 Å². The summed E-state index contributed by atoms with van der Waals surface area (Å²) in [5, 5.41) is 0. The zero-order chi connectivity index (χ0) is 20.7. The van der Waals surface area contributed by atoms with Crippen molar-refractivity contribution in [1.29, 1.82) is 0 Å². The quantitative estimate of drug-likeness (QED) is 0.380. The minimum atomic E-state index is -0.509. The van der Waals surface area contributed by atoms with Gasteiger partial charge in [0.1, 0.15) is 5.69 Å². The van der Waals surface area contributed by atoms with Crippen LogP contribution in [0.4, 0.5) is 0 Å². The lowest BCUT2D eigenvalue weighted by molar-refractivity contribution is 0.0519. The van der Waals surface area contributed by atoms with E-state index in [4.69, 9.17) is 13.9 Å². The van der Waals surface area contributed by atoms with E-state index < -0.39 is 5.97 Å². The minimum absolute atomic E-state index is 0.134. The average Bonchev–Trinajstić information content (AvgIpc) is 3.29. The summed E-state index contributed by atoms with van der Waals surface area (Å²) in [5.74, 6) is -0.976. The number of hydrogen-bond donors (Lipinski definition) is 1. The Balaban J connectivity index is 2.23. The Morgan fingerprint density at radius 1 is 1.25 bits per heavy atom. The van der Waals surface area contributed by atoms with Crippen molar-refractivity contribution in [3.63, 3.8) is 0 Å². The normalized spacial score (nSPS) is 10.7. The largest absolute Gasteiger partial charge is 0.461 e. The predicted octanol–water partition coefficient (Wildman–Crippen LogP) is 2.76. The van der Waals surface area contributed by atoms with Crippen LogP contribution in [0.15, 0.2) is 22.8 Å². The molecule has 0 saturated heterocycles. The van der Waals surface area contributed by atoms with Crippen LogP contribution in [0.1, 0.15) is 56.0 Å². The molecule has 28 heavy (non-hydrogen) atoms. The van der Waals surface area contributed by atoms with E-state index in [-0.39, 0.29) is 36.3 Å². The summed E-state index contributed by atoms with van der Waals surface area (Å²) in [4.78, 5) is 42.1. The summed E-state index contributed by atoms with van der Waals surface area (Å²) in [6.07, 6.45) is 1.99. The zero-order valence-corrected chi connectivity index (χ0v) is 16.7. The van der Waals surface area contributed by atoms with Crippen LogP contribution in [-0.2, 0) is 9.47 Å². The maximum Gasteiger partial charge on any atom is 0.355 e. The average molecular weight is 390 g/mol. The molecule has 0 atom stereocenters. The van der Waals surface area contributed by atoms with Crippen molar-refractivity contribution >= 4 is 17.7 Å². The van der Waals surface area contributed by atoms with Gasteiger partial charge in [0.25, 0.3) is 5.91 Å². The van der Waals surface area contributed by atoms with Crippen molar-refractivity contribution in [3.8, 4) is 0 Å². The van der Waals surface area contributed by atoms with Gasteiger partial charge in [-0.1, -0.05) is 0 Å². The minimum Gasteiger partial charge on any atom is -0.461 e. The van der Waals surface area contributed by atoms with Gasteiger partial charge in [-0.2, -0.15) is 0 Å². The molecule has 2 aromatic rings. The number of methoxy groups -OCH3 is 1. The van der Waals surface area contributed by atoms with Gasteiger partial charge in [0.15, 0.2) is 11.5 Å². The number of ketones is 1. The van der Waals surface area contributed by atoms with Crippen LogP contribution in [0.3, 0.4) is 0 Å². The molecule has 0 unspecified atom stereocenters. The lowest BCUT2D eigenvalue weighted by atomic mass is 10.0. The van der Waals surface area contributed by atoms with E-state index in [9.17, 15) is 14.4 Å². The highest BCUT2D eigenvalue weighted by Crippen LogP contribution is 2.20. The van der Waals surface area contributed by atoms with Crippen LogP contribution in [-0.4, -0.2) is 61.0 Å². The van der Waals surface area contributed by atoms with Crippen LogP contribution in [0.25, 0.3) is 0 Å². The van der Waals surface area contributed by atoms with Crippen molar-refractivity contribution in [1.82, 2.24) is 9.88 Å². The second kappa shape index (κ2) is 9.89. The van der Waals surface area contributed by atoms with Crippen molar-refractivity contribution in [2.75, 3.05) is 33.4 Å². The van der Waals surface area contributed by atoms with Crippen molar-refractivity contribution in [2.24, 2.45) is 0 Å². The van der Waals surface area contributed by atoms with E-state index in [2.05, 4.69) is 4.98 Å². The number of aromatic nitrogens is 1. The molecule has 1 N–H and O–H groups in total. The third-order valence-electron chi connectivity index (χ3n) is 4.33. The predicted molar refractivity (Wildman–Crippen MR) is 102 cm³/mol. The number of H-pyrrole nitrogens is 1. The highest BCUT2D eigenvalue weighted by Gasteiger charge is 2.26. The fourth-order valence-corrected chi connectivity index (χ4v) is 3.04. The first-order chi connectivity index (χ1) is 13.4. The van der Waals surface area contributed by atoms with Crippen molar-refractivity contribution < 1.29 is 28.3 Å². The first-order valence-electron chi connectivity index (χ1n) is 9.11. The molecule has 2 heterocycles. The van der Waals surface area contributed by atoms with Gasteiger partial charge in [-0.3, -0.25) is 9.59 Å². The van der Waals surface area contributed by atoms with Crippen LogP contribution in [0, 0.1) is 13.8 Å². The van der Waals surface area contributed by atoms with Crippen LogP contribution in [0.5, 0.6) is 0 Å². The summed E-state index contributed by atoms with van der Waals surface area (Å²) in [7, 11) is 1.58. The van der Waals surface area contributed by atoms with E-state index >= 15 is 0 Å². The number of nitrogens with zero attached hydrogens (tertiary/aromatic N) is 1. The van der Waals surface area contributed by atoms with Gasteiger partial charge in [0.05, 0.1) is 19.4 Å². The number of furan rings is 1. The van der Waals surface area contributed by atoms with Gasteiger partial charge < -0.3 is 23.8 Å². The van der Waals surface area contributed by atoms with Crippen LogP contribution >= 0.6 is 0 Å². The molecular weight excluding hydrogens is 364 g/mol. The molecule has 0 saturated carbocycles. The summed E-state index contributed by atoms with van der Waals surface area (Å²) in [5.41, 5.74) is 1.73. The highest BCUT2D eigenvalue weighted by atomic mass is 16.5. The second-order valence-electron chi connectivity index (χ2n) is 6.32. The third-order valence-corrected chi connectivity index (χ3v) is 4.33. The molecule has 0 bridgehead atoms. The lowest BCUT2D eigenvalue weighted by Gasteiger charge is -2.21. The van der Waals surface area contributed by atoms with E-state index in [1.54, 1.807) is 40.0 Å². The topological polar surface area (TPSA) is 102 Å². The van der Waals surface area contributed by atoms with Crippen molar-refractivity contribution in [3.05, 3.63) is 46.7 Å². The molecule has 152 valence electrons. The van der Waals surface area contributed by atoms with Gasteiger partial charge in [0, 0.05) is 31.5 Å². The smallest absolute Gasteiger partial charge is 0.355 e. The zero-order valence-electron chi connectivity index (χ0n) is 16.7. The number of Topliss-reactive ketones (excluding diaryl/α,β-unsaturated/α-hetero) is 1. The van der Waals surface area contributed by atoms with Gasteiger partial charge in [-0.15, -0.1) is 0 Å². The van der Waals surface area contributed by atoms with E-state index in [0.29, 0.717) is 36.4 Å². The molecule has 2 rings (SSSR count). The maximum absolute atomic E-state index is 13.0. The van der Waals surface area contributed by atoms with Crippen LogP contribution in [0.2, 0.25) is 0 Å². The molecule has 0 aromatic carbocycles. The van der Waals surface area contributed by atoms with Crippen LogP contribution < -0.4 is 0 Å². The monoisotopic (exact) mass is 390 g/mol. The molecule has 2 aromatic heterocycles. The lowest BCUT2D eigenvalue weighted by Crippen LogP contribution is -2.37. The molecule has 0 spiro atoms. The number of carbonyl (C=O) groups is 3. The maximum atomic E-state index is 13.0. The summed E-state index contributed by atoms with van der Waals surface area (Å²) >= 11 is 0. The molecule has 8 nitrogen and oxygen atoms in total. The molecule has 0 aliphatic carbocycles. The molecule has 1 amide bonds. The first-order valence-corrected chi connectivity index (χ1v) is 9.11. The Kier molecular flexibility index (Phi) is 7.57. The molecule has 0 fully saturated rings. The Hall–Kier alpha value is -2.87. The molecule has 8 heteroatoms. The Labute approximate surface area is 163 Å². The number of hydrogen-bond acceptors (Lipinski definition) is 6. The summed E-state index contributed by atoms with van der Waals surface area (Å²) in [6.45, 7) is 6.03. The number of rotatable bonds is 10. The standard InChI is InChI=1S/C20H26N2O6/c1-5-27-20(25)18-13(2)17(14(3)21-18)15(23)12-22(9-7-10-26-4)19(24)16-8-6-11-28-16/h6,8,11,21H,5,7,9-10,12H2,1-4H3. The molecule has 0 aliphatic rings. The Morgan fingerprint density at radius 2 is 2.00 bits per heavy atom. The van der Waals surface area contributed by atoms with E-state index in [0.717, 1.165) is 0 Å². The molecule has 0 aliphatic heterocycles. The number of esters is 1. The number of ether oxygens (including phenoxy) is 2. The Bertz CT molecular complexity index is 822. The van der Waals surface area contributed by atoms with Gasteiger partial charge in [-0.05, 0) is 44.9 Å². The van der Waals surface area contributed by atoms with Gasteiger partial charge in [-0.25, -0.2) is 4.79 Å². The number of nitrogens with one attached hydrogen (secondary N) is 1. The number of amides is 1. The fourth-order valence-electron chi connectivity index (χ4n) is 3.04. The number of carbonyl (C=O) groups excluding carboxylic acids is 3. The van der Waals surface area contributed by atoms with E-state index in [1.807, 2.05) is 0 Å². The fraction of sp³-hybridized carbons (Fsp3) is 0.450. The third kappa shape index (κ3) is 4.89. The van der Waals surface area contributed by atoms with Gasteiger partial charge in [0.2, 0.25) is 0 Å². The van der Waals surface area contributed by atoms with Gasteiger partial charge >= 0.3 is 5.97 Å². The number of aryl methyl sites for hydroxylation is 1. The number of aromatic amines is 1. The molecule has 0 radical (unpaired) electrons. The molecular formula is C20H26N2O6. The van der Waals surface area contributed by atoms with Crippen molar-refractivity contribution in [2.45, 2.75) is 27.2 Å². The summed E-state index contributed by atoms with van der Waals surface area (Å²) in [6, 6.07) is 3.18. The Morgan fingerprint density at radius 3 is 2.61 bits per heavy atom. The SMILES string of the molecule is CCOC(=O)c1[nH]c(C)c(C(=O)CN(CCCOC)C(=O)c2ccco2)c1C.